The van der Waals surface area contributed by atoms with Gasteiger partial charge in [0, 0.05) is 10.2 Å². The molecule has 1 atom stereocenters. The number of rotatable bonds is 3. The van der Waals surface area contributed by atoms with Crippen molar-refractivity contribution in [3.63, 3.8) is 0 Å². The van der Waals surface area contributed by atoms with Gasteiger partial charge in [0.1, 0.15) is 5.76 Å². The molecule has 16 heavy (non-hydrogen) atoms. The molecule has 0 saturated heterocycles. The van der Waals surface area contributed by atoms with Crippen LogP contribution in [-0.4, -0.2) is 0 Å². The topological polar surface area (TPSA) is 25.2 Å². The number of benzene rings is 1. The minimum atomic E-state index is 0.161. The third-order valence-corrected chi connectivity index (χ3v) is 3.12. The molecular weight excluding hydrogens is 266 g/mol. The summed E-state index contributed by atoms with van der Waals surface area (Å²) in [5.41, 5.74) is 2.32. The van der Waals surface area contributed by atoms with E-state index in [2.05, 4.69) is 53.3 Å². The van der Waals surface area contributed by atoms with E-state index in [1.165, 1.54) is 5.56 Å². The van der Waals surface area contributed by atoms with Gasteiger partial charge in [-0.2, -0.15) is 0 Å². The Morgan fingerprint density at radius 3 is 2.75 bits per heavy atom. The van der Waals surface area contributed by atoms with Crippen LogP contribution in [0.1, 0.15) is 24.3 Å². The van der Waals surface area contributed by atoms with Crippen LogP contribution >= 0.6 is 15.9 Å². The van der Waals surface area contributed by atoms with E-state index >= 15 is 0 Å². The van der Waals surface area contributed by atoms with Gasteiger partial charge in [-0.25, -0.2) is 0 Å². The molecule has 0 amide bonds. The van der Waals surface area contributed by atoms with Crippen molar-refractivity contribution in [2.75, 3.05) is 5.32 Å². The molecular formula is C13H14BrNO. The van der Waals surface area contributed by atoms with E-state index in [9.17, 15) is 0 Å². The Kier molecular flexibility index (Phi) is 3.34. The van der Waals surface area contributed by atoms with Crippen LogP contribution in [0.2, 0.25) is 0 Å². The summed E-state index contributed by atoms with van der Waals surface area (Å²) in [7, 11) is 0. The molecule has 0 fully saturated rings. The van der Waals surface area contributed by atoms with E-state index in [1.54, 1.807) is 6.26 Å². The lowest BCUT2D eigenvalue weighted by Gasteiger charge is -2.14. The highest BCUT2D eigenvalue weighted by atomic mass is 79.9. The van der Waals surface area contributed by atoms with Crippen molar-refractivity contribution in [1.82, 2.24) is 0 Å². The van der Waals surface area contributed by atoms with Crippen molar-refractivity contribution < 1.29 is 4.42 Å². The summed E-state index contributed by atoms with van der Waals surface area (Å²) in [6, 6.07) is 10.3. The number of nitrogens with one attached hydrogen (secondary N) is 1. The molecule has 0 aliphatic carbocycles. The third-order valence-electron chi connectivity index (χ3n) is 2.47. The van der Waals surface area contributed by atoms with Crippen molar-refractivity contribution >= 4 is 21.6 Å². The fraction of sp³-hybridized carbons (Fsp3) is 0.231. The molecule has 2 nitrogen and oxygen atoms in total. The monoisotopic (exact) mass is 279 g/mol. The van der Waals surface area contributed by atoms with Crippen LogP contribution in [0.15, 0.2) is 45.5 Å². The van der Waals surface area contributed by atoms with Crippen molar-refractivity contribution in [2.45, 2.75) is 19.9 Å². The Morgan fingerprint density at radius 1 is 1.31 bits per heavy atom. The molecule has 1 unspecified atom stereocenters. The Morgan fingerprint density at radius 2 is 2.12 bits per heavy atom. The maximum atomic E-state index is 5.35. The predicted octanol–water partition coefficient (Wildman–Crippen LogP) is 4.52. The second-order valence-corrected chi connectivity index (χ2v) is 4.72. The van der Waals surface area contributed by atoms with Crippen LogP contribution in [0.4, 0.5) is 5.69 Å². The highest BCUT2D eigenvalue weighted by Gasteiger charge is 2.09. The lowest BCUT2D eigenvalue weighted by atomic mass is 10.2. The number of aryl methyl sites for hydroxylation is 1. The Balaban J connectivity index is 2.15. The van der Waals surface area contributed by atoms with E-state index in [1.807, 2.05) is 12.1 Å². The molecule has 1 aromatic heterocycles. The van der Waals surface area contributed by atoms with Crippen LogP contribution in [0, 0.1) is 6.92 Å². The van der Waals surface area contributed by atoms with E-state index in [0.717, 1.165) is 15.9 Å². The summed E-state index contributed by atoms with van der Waals surface area (Å²) in [6.45, 7) is 4.15. The Bertz CT molecular complexity index is 465. The second-order valence-electron chi connectivity index (χ2n) is 3.86. The lowest BCUT2D eigenvalue weighted by Crippen LogP contribution is -2.05. The summed E-state index contributed by atoms with van der Waals surface area (Å²) in [6.07, 6.45) is 1.69. The van der Waals surface area contributed by atoms with E-state index in [0.29, 0.717) is 0 Å². The fourth-order valence-corrected chi connectivity index (χ4v) is 2.19. The summed E-state index contributed by atoms with van der Waals surface area (Å²) >= 11 is 3.55. The van der Waals surface area contributed by atoms with Gasteiger partial charge < -0.3 is 9.73 Å². The van der Waals surface area contributed by atoms with Crippen LogP contribution in [0.25, 0.3) is 0 Å². The summed E-state index contributed by atoms with van der Waals surface area (Å²) < 4.78 is 6.43. The molecule has 1 aromatic carbocycles. The minimum absolute atomic E-state index is 0.161. The number of halogens is 1. The third kappa shape index (κ3) is 2.47. The van der Waals surface area contributed by atoms with E-state index in [-0.39, 0.29) is 6.04 Å². The first-order valence-electron chi connectivity index (χ1n) is 5.23. The standard InChI is InChI=1S/C13H14BrNO/c1-9-5-6-12(11(14)8-9)15-10(2)13-4-3-7-16-13/h3-8,10,15H,1-2H3. The van der Waals surface area contributed by atoms with Crippen molar-refractivity contribution in [2.24, 2.45) is 0 Å². The highest BCUT2D eigenvalue weighted by molar-refractivity contribution is 9.10. The normalized spacial score (nSPS) is 12.4. The van der Waals surface area contributed by atoms with Gasteiger partial charge in [0.15, 0.2) is 0 Å². The van der Waals surface area contributed by atoms with Gasteiger partial charge in [0.2, 0.25) is 0 Å². The molecule has 0 aliphatic heterocycles. The van der Waals surface area contributed by atoms with Gasteiger partial charge in [-0.05, 0) is 59.6 Å². The van der Waals surface area contributed by atoms with Crippen LogP contribution in [0.5, 0.6) is 0 Å². The van der Waals surface area contributed by atoms with Gasteiger partial charge in [0.25, 0.3) is 0 Å². The van der Waals surface area contributed by atoms with Gasteiger partial charge in [-0.3, -0.25) is 0 Å². The first-order valence-corrected chi connectivity index (χ1v) is 6.02. The molecule has 0 spiro atoms. The quantitative estimate of drug-likeness (QED) is 0.894. The molecule has 0 saturated carbocycles. The number of anilines is 1. The van der Waals surface area contributed by atoms with Crippen molar-refractivity contribution in [3.05, 3.63) is 52.4 Å². The molecule has 1 N–H and O–H groups in total. The minimum Gasteiger partial charge on any atom is -0.467 e. The zero-order chi connectivity index (χ0) is 11.5. The van der Waals surface area contributed by atoms with Gasteiger partial charge in [0.05, 0.1) is 12.3 Å². The average Bonchev–Trinajstić information content (AvgIpc) is 2.75. The smallest absolute Gasteiger partial charge is 0.125 e. The van der Waals surface area contributed by atoms with Crippen LogP contribution in [-0.2, 0) is 0 Å². The van der Waals surface area contributed by atoms with E-state index in [4.69, 9.17) is 4.42 Å². The number of hydrogen-bond donors (Lipinski definition) is 1. The summed E-state index contributed by atoms with van der Waals surface area (Å²) in [5.74, 6) is 0.937. The molecule has 3 heteroatoms. The molecule has 1 heterocycles. The summed E-state index contributed by atoms with van der Waals surface area (Å²) in [4.78, 5) is 0. The average molecular weight is 280 g/mol. The molecule has 2 aromatic rings. The number of hydrogen-bond acceptors (Lipinski definition) is 2. The summed E-state index contributed by atoms with van der Waals surface area (Å²) in [5, 5.41) is 3.40. The second kappa shape index (κ2) is 4.74. The van der Waals surface area contributed by atoms with Gasteiger partial charge in [-0.15, -0.1) is 0 Å². The first kappa shape index (κ1) is 11.3. The van der Waals surface area contributed by atoms with Gasteiger partial charge >= 0.3 is 0 Å². The maximum Gasteiger partial charge on any atom is 0.125 e. The highest BCUT2D eigenvalue weighted by Crippen LogP contribution is 2.27. The lowest BCUT2D eigenvalue weighted by molar-refractivity contribution is 0.490. The van der Waals surface area contributed by atoms with Crippen molar-refractivity contribution in [3.8, 4) is 0 Å². The zero-order valence-corrected chi connectivity index (χ0v) is 10.9. The Labute approximate surface area is 104 Å². The Hall–Kier alpha value is -1.22. The molecule has 0 radical (unpaired) electrons. The predicted molar refractivity (Wildman–Crippen MR) is 69.6 cm³/mol. The molecule has 84 valence electrons. The zero-order valence-electron chi connectivity index (χ0n) is 9.33. The SMILES string of the molecule is Cc1ccc(NC(C)c2ccco2)c(Br)c1. The number of furan rings is 1. The van der Waals surface area contributed by atoms with E-state index < -0.39 is 0 Å². The largest absolute Gasteiger partial charge is 0.467 e. The van der Waals surface area contributed by atoms with Gasteiger partial charge in [-0.1, -0.05) is 6.07 Å². The van der Waals surface area contributed by atoms with Crippen LogP contribution in [0.3, 0.4) is 0 Å². The molecule has 0 bridgehead atoms. The molecule has 0 aliphatic rings. The maximum absolute atomic E-state index is 5.35. The van der Waals surface area contributed by atoms with Crippen LogP contribution < -0.4 is 5.32 Å². The fourth-order valence-electron chi connectivity index (χ4n) is 1.58. The first-order chi connectivity index (χ1) is 7.66. The van der Waals surface area contributed by atoms with Crippen molar-refractivity contribution in [1.29, 1.82) is 0 Å². The molecule has 2 rings (SSSR count).